The Bertz CT molecular complexity index is 1130. The van der Waals surface area contributed by atoms with Crippen molar-refractivity contribution in [1.29, 1.82) is 0 Å². The number of nitrogens with two attached hydrogens (primary N) is 1. The molecule has 0 aliphatic heterocycles. The first-order valence-corrected chi connectivity index (χ1v) is 10.7. The molecule has 204 valence electrons. The van der Waals surface area contributed by atoms with Gasteiger partial charge in [0.15, 0.2) is 11.6 Å². The van der Waals surface area contributed by atoms with Gasteiger partial charge in [0.1, 0.15) is 11.9 Å². The minimum absolute atomic E-state index is 0.207. The van der Waals surface area contributed by atoms with Gasteiger partial charge < -0.3 is 20.5 Å². The van der Waals surface area contributed by atoms with Gasteiger partial charge in [-0.2, -0.15) is 26.3 Å². The second kappa shape index (κ2) is 12.2. The van der Waals surface area contributed by atoms with Gasteiger partial charge in [-0.05, 0) is 37.1 Å². The summed E-state index contributed by atoms with van der Waals surface area (Å²) in [5.41, 5.74) is 3.57. The van der Waals surface area contributed by atoms with E-state index in [-0.39, 0.29) is 12.3 Å². The fraction of sp³-hybridized carbons (Fsp3) is 0.391. The molecule has 3 N–H and O–H groups in total. The molecule has 0 bridgehead atoms. The number of ether oxygens (including phenoxy) is 2. The molecular weight excluding hydrogens is 520 g/mol. The Kier molecular flexibility index (Phi) is 9.84. The molecule has 2 aromatic carbocycles. The van der Waals surface area contributed by atoms with Crippen LogP contribution in [0.1, 0.15) is 42.1 Å². The molecule has 0 radical (unpaired) electrons. The van der Waals surface area contributed by atoms with E-state index in [4.69, 9.17) is 10.5 Å². The van der Waals surface area contributed by atoms with E-state index >= 15 is 0 Å². The van der Waals surface area contributed by atoms with Crippen LogP contribution in [0.4, 0.5) is 40.8 Å². The highest BCUT2D eigenvalue weighted by molar-refractivity contribution is 5.98. The summed E-state index contributed by atoms with van der Waals surface area (Å²) in [5.74, 6) is -11.7. The highest BCUT2D eigenvalue weighted by Gasteiger charge is 2.42. The highest BCUT2D eigenvalue weighted by Crippen LogP contribution is 2.43. The lowest BCUT2D eigenvalue weighted by atomic mass is 9.79. The third-order valence-electron chi connectivity index (χ3n) is 5.24. The minimum atomic E-state index is -4.80. The number of anilines is 1. The third kappa shape index (κ3) is 7.78. The van der Waals surface area contributed by atoms with Crippen LogP contribution in [0.2, 0.25) is 0 Å². The van der Waals surface area contributed by atoms with Crippen LogP contribution in [-0.2, 0) is 9.53 Å². The Morgan fingerprint density at radius 2 is 1.68 bits per heavy atom. The molecule has 0 saturated carbocycles. The number of nitrogens with one attached hydrogen (secondary N) is 1. The molecule has 37 heavy (non-hydrogen) atoms. The summed E-state index contributed by atoms with van der Waals surface area (Å²) in [6.07, 6.45) is -8.26. The van der Waals surface area contributed by atoms with Crippen molar-refractivity contribution in [3.05, 3.63) is 58.9 Å². The minimum Gasteiger partial charge on any atom is -0.431 e. The first-order chi connectivity index (χ1) is 17.2. The second-order valence-electron chi connectivity index (χ2n) is 7.90. The molecule has 2 amide bonds. The van der Waals surface area contributed by atoms with Crippen molar-refractivity contribution in [3.8, 4) is 5.75 Å². The lowest BCUT2D eigenvalue weighted by Crippen LogP contribution is -2.40. The molecule has 3 atom stereocenters. The van der Waals surface area contributed by atoms with Crippen LogP contribution in [-0.4, -0.2) is 37.3 Å². The Labute approximate surface area is 205 Å². The average molecular weight is 542 g/mol. The van der Waals surface area contributed by atoms with E-state index in [1.165, 1.54) is 6.92 Å². The summed E-state index contributed by atoms with van der Waals surface area (Å²) in [7, 11) is 0. The summed E-state index contributed by atoms with van der Waals surface area (Å²) >= 11 is 0. The lowest BCUT2D eigenvalue weighted by molar-refractivity contribution is -0.151. The fourth-order valence-corrected chi connectivity index (χ4v) is 3.81. The number of hydrogen-bond acceptors (Lipinski definition) is 4. The molecule has 1 unspecified atom stereocenters. The molecule has 0 saturated heterocycles. The van der Waals surface area contributed by atoms with E-state index < -0.39 is 83.3 Å². The van der Waals surface area contributed by atoms with Crippen LogP contribution >= 0.6 is 0 Å². The van der Waals surface area contributed by atoms with E-state index in [9.17, 15) is 44.7 Å². The number of benzene rings is 2. The smallest absolute Gasteiger partial charge is 0.389 e. The van der Waals surface area contributed by atoms with Gasteiger partial charge in [-0.3, -0.25) is 9.59 Å². The van der Waals surface area contributed by atoms with E-state index in [0.29, 0.717) is 6.07 Å². The standard InChI is InChI=1S/C23H22F8N2O4/c1-3-36-19(21(35)33-11-4-6-14(24)13(8-11)20(32)34)16(10(2)9-23(29,30)31)12-5-7-15(25)17(26)18(12)37-22(27)28/h4-8,10,16,19,22H,3,9H2,1-2H3,(H2,32,34)(H,33,35)/t10-,16+,19?/m1/s1. The Morgan fingerprint density at radius 3 is 2.22 bits per heavy atom. The number of hydrogen-bond donors (Lipinski definition) is 2. The number of halogens is 8. The average Bonchev–Trinajstić information content (AvgIpc) is 2.77. The van der Waals surface area contributed by atoms with Gasteiger partial charge in [0, 0.05) is 30.2 Å². The Hall–Kier alpha value is -3.42. The quantitative estimate of drug-likeness (QED) is 0.366. The lowest BCUT2D eigenvalue weighted by Gasteiger charge is -2.33. The largest absolute Gasteiger partial charge is 0.431 e. The number of alkyl halides is 5. The Balaban J connectivity index is 2.63. The monoisotopic (exact) mass is 542 g/mol. The second-order valence-corrected chi connectivity index (χ2v) is 7.90. The van der Waals surface area contributed by atoms with Gasteiger partial charge in [-0.15, -0.1) is 0 Å². The van der Waals surface area contributed by atoms with Crippen molar-refractivity contribution in [2.24, 2.45) is 11.7 Å². The fourth-order valence-electron chi connectivity index (χ4n) is 3.81. The summed E-state index contributed by atoms with van der Waals surface area (Å²) in [6, 6.07) is 3.86. The van der Waals surface area contributed by atoms with Crippen molar-refractivity contribution in [2.75, 3.05) is 11.9 Å². The van der Waals surface area contributed by atoms with Crippen LogP contribution < -0.4 is 15.8 Å². The number of amides is 2. The van der Waals surface area contributed by atoms with E-state index in [1.54, 1.807) is 0 Å². The number of carbonyl (C=O) groups is 2. The predicted molar refractivity (Wildman–Crippen MR) is 115 cm³/mol. The van der Waals surface area contributed by atoms with E-state index in [2.05, 4.69) is 10.1 Å². The number of primary amides is 1. The molecule has 0 heterocycles. The first kappa shape index (κ1) is 29.8. The number of carbonyl (C=O) groups excluding carboxylic acids is 2. The maximum atomic E-state index is 14.5. The maximum Gasteiger partial charge on any atom is 0.389 e. The molecule has 2 aromatic rings. The molecule has 0 fully saturated rings. The normalized spacial score (nSPS) is 14.2. The van der Waals surface area contributed by atoms with Gasteiger partial charge in [-0.25, -0.2) is 8.78 Å². The molecule has 0 aromatic heterocycles. The summed E-state index contributed by atoms with van der Waals surface area (Å²) in [5, 5.41) is 2.23. The van der Waals surface area contributed by atoms with Gasteiger partial charge in [-0.1, -0.05) is 13.0 Å². The van der Waals surface area contributed by atoms with Crippen LogP contribution in [0, 0.1) is 23.4 Å². The first-order valence-electron chi connectivity index (χ1n) is 10.7. The zero-order valence-electron chi connectivity index (χ0n) is 19.3. The molecule has 14 heteroatoms. The summed E-state index contributed by atoms with van der Waals surface area (Å²) < 4.78 is 117. The zero-order valence-corrected chi connectivity index (χ0v) is 19.3. The molecule has 6 nitrogen and oxygen atoms in total. The summed E-state index contributed by atoms with van der Waals surface area (Å²) in [6.45, 7) is -1.58. The maximum absolute atomic E-state index is 14.5. The van der Waals surface area contributed by atoms with Crippen molar-refractivity contribution < 1.29 is 54.2 Å². The van der Waals surface area contributed by atoms with Crippen molar-refractivity contribution >= 4 is 17.5 Å². The molecule has 0 aliphatic carbocycles. The molecule has 0 aliphatic rings. The van der Waals surface area contributed by atoms with Gasteiger partial charge in [0.2, 0.25) is 5.82 Å². The molecular formula is C23H22F8N2O4. The van der Waals surface area contributed by atoms with E-state index in [0.717, 1.165) is 31.2 Å². The number of rotatable bonds is 11. The third-order valence-corrected chi connectivity index (χ3v) is 5.24. The highest BCUT2D eigenvalue weighted by atomic mass is 19.4. The van der Waals surface area contributed by atoms with Crippen LogP contribution in [0.3, 0.4) is 0 Å². The van der Waals surface area contributed by atoms with E-state index in [1.807, 2.05) is 0 Å². The van der Waals surface area contributed by atoms with Crippen molar-refractivity contribution in [2.45, 2.75) is 45.1 Å². The van der Waals surface area contributed by atoms with Gasteiger partial charge in [0.25, 0.3) is 11.8 Å². The predicted octanol–water partition coefficient (Wildman–Crippen LogP) is 5.52. The zero-order chi connectivity index (χ0) is 28.1. The molecule has 2 rings (SSSR count). The van der Waals surface area contributed by atoms with Crippen LogP contribution in [0.25, 0.3) is 0 Å². The van der Waals surface area contributed by atoms with Crippen molar-refractivity contribution in [1.82, 2.24) is 0 Å². The van der Waals surface area contributed by atoms with Crippen LogP contribution in [0.15, 0.2) is 30.3 Å². The molecule has 0 spiro atoms. The van der Waals surface area contributed by atoms with Gasteiger partial charge >= 0.3 is 12.8 Å². The van der Waals surface area contributed by atoms with Gasteiger partial charge in [0.05, 0.1) is 5.56 Å². The topological polar surface area (TPSA) is 90.6 Å². The van der Waals surface area contributed by atoms with Crippen LogP contribution in [0.5, 0.6) is 5.75 Å². The Morgan fingerprint density at radius 1 is 1.05 bits per heavy atom. The SMILES string of the molecule is CCOC(C(=O)Nc1ccc(F)c(C(N)=O)c1)[C@H](c1ccc(F)c(F)c1OC(F)F)[C@H](C)CC(F)(F)F. The van der Waals surface area contributed by atoms with Crippen molar-refractivity contribution in [3.63, 3.8) is 0 Å². The summed E-state index contributed by atoms with van der Waals surface area (Å²) in [4.78, 5) is 24.5.